The molecular formula is C25H21ClFN3O2S. The Labute approximate surface area is 201 Å². The standard InChI is InChI=1S/C25H21ClFN3O2S/c1-4-16-7-5-6-8-22(16)30-24(32)19(23(31)28-25(30)33)12-17-11-14(2)29(15(17)3)18-9-10-21(27)20(26)13-18/h5-13H,4H2,1-3H3,(H,28,31,33)/b19-12+. The first-order valence-corrected chi connectivity index (χ1v) is 11.1. The van der Waals surface area contributed by atoms with Crippen LogP contribution in [0.5, 0.6) is 0 Å². The first-order chi connectivity index (χ1) is 15.7. The van der Waals surface area contributed by atoms with Crippen molar-refractivity contribution >= 4 is 52.5 Å². The van der Waals surface area contributed by atoms with Crippen LogP contribution in [0.25, 0.3) is 11.8 Å². The van der Waals surface area contributed by atoms with E-state index in [4.69, 9.17) is 23.8 Å². The molecule has 0 spiro atoms. The van der Waals surface area contributed by atoms with E-state index >= 15 is 0 Å². The van der Waals surface area contributed by atoms with E-state index in [9.17, 15) is 14.0 Å². The molecule has 1 aliphatic rings. The minimum atomic E-state index is -0.551. The Hall–Kier alpha value is -3.29. The van der Waals surface area contributed by atoms with E-state index in [1.165, 1.54) is 17.0 Å². The quantitative estimate of drug-likeness (QED) is 0.313. The number of rotatable bonds is 4. The maximum atomic E-state index is 13.6. The number of para-hydroxylation sites is 1. The normalized spacial score (nSPS) is 15.4. The van der Waals surface area contributed by atoms with Crippen LogP contribution in [0.3, 0.4) is 0 Å². The zero-order valence-corrected chi connectivity index (χ0v) is 19.9. The van der Waals surface area contributed by atoms with Crippen LogP contribution in [0.2, 0.25) is 5.02 Å². The Morgan fingerprint density at radius 2 is 1.85 bits per heavy atom. The van der Waals surface area contributed by atoms with Crippen molar-refractivity contribution in [3.05, 3.63) is 87.5 Å². The molecule has 0 radical (unpaired) electrons. The molecule has 1 saturated heterocycles. The summed E-state index contributed by atoms with van der Waals surface area (Å²) in [6.45, 7) is 5.73. The lowest BCUT2D eigenvalue weighted by molar-refractivity contribution is -0.122. The lowest BCUT2D eigenvalue weighted by atomic mass is 10.0. The molecule has 33 heavy (non-hydrogen) atoms. The number of thiocarbonyl (C=S) groups is 1. The first-order valence-electron chi connectivity index (χ1n) is 10.4. The highest BCUT2D eigenvalue weighted by Crippen LogP contribution is 2.29. The molecule has 3 aromatic rings. The lowest BCUT2D eigenvalue weighted by Gasteiger charge is -2.30. The Morgan fingerprint density at radius 3 is 2.55 bits per heavy atom. The van der Waals surface area contributed by atoms with E-state index in [2.05, 4.69) is 5.32 Å². The van der Waals surface area contributed by atoms with Gasteiger partial charge in [-0.1, -0.05) is 36.7 Å². The third kappa shape index (κ3) is 4.10. The van der Waals surface area contributed by atoms with Gasteiger partial charge >= 0.3 is 0 Å². The van der Waals surface area contributed by atoms with Crippen LogP contribution in [0.15, 0.2) is 54.1 Å². The minimum absolute atomic E-state index is 0.0143. The zero-order valence-electron chi connectivity index (χ0n) is 18.3. The SMILES string of the molecule is CCc1ccccc1N1C(=O)/C(=C/c2cc(C)n(-c3ccc(F)c(Cl)c3)c2C)C(=O)NC1=S. The molecule has 1 aliphatic heterocycles. The third-order valence-corrected chi connectivity index (χ3v) is 6.22. The van der Waals surface area contributed by atoms with E-state index < -0.39 is 17.6 Å². The molecule has 0 atom stereocenters. The van der Waals surface area contributed by atoms with E-state index in [-0.39, 0.29) is 15.7 Å². The van der Waals surface area contributed by atoms with Gasteiger partial charge in [0.05, 0.1) is 10.7 Å². The van der Waals surface area contributed by atoms with Crippen LogP contribution in [0, 0.1) is 19.7 Å². The van der Waals surface area contributed by atoms with Gasteiger partial charge in [-0.05, 0) is 80.0 Å². The highest BCUT2D eigenvalue weighted by Gasteiger charge is 2.35. The van der Waals surface area contributed by atoms with E-state index in [0.29, 0.717) is 23.4 Å². The molecule has 0 saturated carbocycles. The molecular weight excluding hydrogens is 461 g/mol. The van der Waals surface area contributed by atoms with Gasteiger partial charge in [-0.2, -0.15) is 0 Å². The van der Waals surface area contributed by atoms with Gasteiger partial charge in [-0.3, -0.25) is 19.8 Å². The molecule has 1 aromatic heterocycles. The Bertz CT molecular complexity index is 1350. The number of hydrogen-bond acceptors (Lipinski definition) is 3. The van der Waals surface area contributed by atoms with Crippen LogP contribution < -0.4 is 10.2 Å². The molecule has 2 amide bonds. The molecule has 1 N–H and O–H groups in total. The fourth-order valence-electron chi connectivity index (χ4n) is 4.01. The Balaban J connectivity index is 1.78. The smallest absolute Gasteiger partial charge is 0.270 e. The first kappa shape index (κ1) is 22.9. The van der Waals surface area contributed by atoms with Crippen molar-refractivity contribution in [2.75, 3.05) is 4.90 Å². The monoisotopic (exact) mass is 481 g/mol. The zero-order chi connectivity index (χ0) is 23.9. The molecule has 168 valence electrons. The second-order valence-corrected chi connectivity index (χ2v) is 8.49. The number of nitrogens with one attached hydrogen (secondary N) is 1. The fraction of sp³-hybridized carbons (Fsp3) is 0.160. The van der Waals surface area contributed by atoms with Crippen molar-refractivity contribution in [1.82, 2.24) is 9.88 Å². The van der Waals surface area contributed by atoms with Crippen LogP contribution in [-0.2, 0) is 16.0 Å². The number of hydrogen-bond donors (Lipinski definition) is 1. The molecule has 4 rings (SSSR count). The van der Waals surface area contributed by atoms with Gasteiger partial charge in [0, 0.05) is 17.1 Å². The molecule has 5 nitrogen and oxygen atoms in total. The minimum Gasteiger partial charge on any atom is -0.318 e. The summed E-state index contributed by atoms with van der Waals surface area (Å²) >= 11 is 11.3. The van der Waals surface area contributed by atoms with Gasteiger partial charge in [0.15, 0.2) is 5.11 Å². The van der Waals surface area contributed by atoms with Crippen LogP contribution in [-0.4, -0.2) is 21.5 Å². The second kappa shape index (κ2) is 8.92. The van der Waals surface area contributed by atoms with Crippen LogP contribution in [0.1, 0.15) is 29.4 Å². The van der Waals surface area contributed by atoms with Gasteiger partial charge in [-0.15, -0.1) is 0 Å². The molecule has 0 aliphatic carbocycles. The summed E-state index contributed by atoms with van der Waals surface area (Å²) < 4.78 is 15.5. The Kier molecular flexibility index (Phi) is 6.19. The van der Waals surface area contributed by atoms with Crippen molar-refractivity contribution in [1.29, 1.82) is 0 Å². The van der Waals surface area contributed by atoms with Crippen molar-refractivity contribution in [3.63, 3.8) is 0 Å². The van der Waals surface area contributed by atoms with E-state index in [0.717, 1.165) is 17.0 Å². The maximum Gasteiger partial charge on any atom is 0.270 e. The average molecular weight is 482 g/mol. The number of aromatic nitrogens is 1. The van der Waals surface area contributed by atoms with E-state index in [1.807, 2.05) is 55.7 Å². The number of halogens is 2. The summed E-state index contributed by atoms with van der Waals surface area (Å²) in [5, 5.41) is 2.69. The average Bonchev–Trinajstić information content (AvgIpc) is 3.06. The molecule has 2 aromatic carbocycles. The van der Waals surface area contributed by atoms with Gasteiger partial charge in [-0.25, -0.2) is 4.39 Å². The second-order valence-electron chi connectivity index (χ2n) is 7.70. The molecule has 0 unspecified atom stereocenters. The van der Waals surface area contributed by atoms with Crippen molar-refractivity contribution in [2.45, 2.75) is 27.2 Å². The lowest BCUT2D eigenvalue weighted by Crippen LogP contribution is -2.54. The summed E-state index contributed by atoms with van der Waals surface area (Å²) in [6.07, 6.45) is 2.27. The summed E-state index contributed by atoms with van der Waals surface area (Å²) in [6, 6.07) is 13.8. The summed E-state index contributed by atoms with van der Waals surface area (Å²) in [5.41, 5.74) is 4.55. The molecule has 2 heterocycles. The molecule has 0 bridgehead atoms. The van der Waals surface area contributed by atoms with Crippen molar-refractivity contribution in [2.24, 2.45) is 0 Å². The summed E-state index contributed by atoms with van der Waals surface area (Å²) in [7, 11) is 0. The number of carbonyl (C=O) groups is 2. The van der Waals surface area contributed by atoms with Crippen LogP contribution >= 0.6 is 23.8 Å². The number of benzene rings is 2. The maximum absolute atomic E-state index is 13.6. The van der Waals surface area contributed by atoms with Gasteiger partial charge in [0.25, 0.3) is 11.8 Å². The number of aryl methyl sites for hydroxylation is 2. The number of anilines is 1. The van der Waals surface area contributed by atoms with Crippen molar-refractivity contribution < 1.29 is 14.0 Å². The third-order valence-electron chi connectivity index (χ3n) is 5.65. The summed E-state index contributed by atoms with van der Waals surface area (Å²) in [5.74, 6) is -1.54. The number of carbonyl (C=O) groups excluding carboxylic acids is 2. The van der Waals surface area contributed by atoms with Crippen molar-refractivity contribution in [3.8, 4) is 5.69 Å². The van der Waals surface area contributed by atoms with Crippen LogP contribution in [0.4, 0.5) is 10.1 Å². The largest absolute Gasteiger partial charge is 0.318 e. The Morgan fingerprint density at radius 1 is 1.12 bits per heavy atom. The predicted molar refractivity (Wildman–Crippen MR) is 132 cm³/mol. The van der Waals surface area contributed by atoms with E-state index in [1.54, 1.807) is 12.1 Å². The topological polar surface area (TPSA) is 54.3 Å². The summed E-state index contributed by atoms with van der Waals surface area (Å²) in [4.78, 5) is 27.5. The highest BCUT2D eigenvalue weighted by atomic mass is 35.5. The van der Waals surface area contributed by atoms with Gasteiger partial charge in [0.2, 0.25) is 0 Å². The molecule has 1 fully saturated rings. The predicted octanol–water partition coefficient (Wildman–Crippen LogP) is 5.28. The highest BCUT2D eigenvalue weighted by molar-refractivity contribution is 7.80. The number of nitrogens with zero attached hydrogens (tertiary/aromatic N) is 2. The van der Waals surface area contributed by atoms with Gasteiger partial charge < -0.3 is 4.57 Å². The molecule has 8 heteroatoms. The fourth-order valence-corrected chi connectivity index (χ4v) is 4.46. The number of amides is 2. The van der Waals surface area contributed by atoms with Gasteiger partial charge in [0.1, 0.15) is 11.4 Å².